The van der Waals surface area contributed by atoms with E-state index in [-0.39, 0.29) is 11.1 Å². The number of hydrogen-bond donors (Lipinski definition) is 1. The maximum Gasteiger partial charge on any atom is 0.416 e. The van der Waals surface area contributed by atoms with E-state index in [2.05, 4.69) is 10.3 Å². The Balaban J connectivity index is 2.57. The van der Waals surface area contributed by atoms with Crippen LogP contribution in [-0.4, -0.2) is 12.0 Å². The lowest BCUT2D eigenvalue weighted by Gasteiger charge is -2.21. The Kier molecular flexibility index (Phi) is 4.04. The Labute approximate surface area is 113 Å². The first-order valence-corrected chi connectivity index (χ1v) is 5.88. The predicted molar refractivity (Wildman–Crippen MR) is 66.5 cm³/mol. The van der Waals surface area contributed by atoms with Gasteiger partial charge < -0.3 is 5.32 Å². The van der Waals surface area contributed by atoms with E-state index in [1.807, 2.05) is 0 Å². The highest BCUT2D eigenvalue weighted by atomic mass is 19.4. The van der Waals surface area contributed by atoms with Crippen molar-refractivity contribution in [1.82, 2.24) is 10.3 Å². The van der Waals surface area contributed by atoms with Gasteiger partial charge in [-0.15, -0.1) is 0 Å². The highest BCUT2D eigenvalue weighted by Crippen LogP contribution is 2.36. The first-order chi connectivity index (χ1) is 9.45. The number of nitrogens with zero attached hydrogens (tertiary/aromatic N) is 1. The minimum Gasteiger partial charge on any atom is -0.309 e. The van der Waals surface area contributed by atoms with Crippen molar-refractivity contribution < 1.29 is 17.6 Å². The van der Waals surface area contributed by atoms with Crippen LogP contribution >= 0.6 is 0 Å². The van der Waals surface area contributed by atoms with Gasteiger partial charge in [-0.2, -0.15) is 13.2 Å². The number of halogens is 4. The van der Waals surface area contributed by atoms with E-state index in [0.717, 1.165) is 18.5 Å². The number of benzene rings is 1. The van der Waals surface area contributed by atoms with Crippen LogP contribution in [-0.2, 0) is 6.18 Å². The van der Waals surface area contributed by atoms with Gasteiger partial charge in [0.1, 0.15) is 5.82 Å². The average molecular weight is 284 g/mol. The monoisotopic (exact) mass is 284 g/mol. The molecule has 1 atom stereocenters. The minimum absolute atomic E-state index is 0.104. The summed E-state index contributed by atoms with van der Waals surface area (Å²) in [5, 5.41) is 2.71. The van der Waals surface area contributed by atoms with Gasteiger partial charge in [-0.05, 0) is 19.2 Å². The molecule has 1 unspecified atom stereocenters. The van der Waals surface area contributed by atoms with Crippen LogP contribution in [0.5, 0.6) is 0 Å². The van der Waals surface area contributed by atoms with Gasteiger partial charge >= 0.3 is 6.18 Å². The van der Waals surface area contributed by atoms with E-state index < -0.39 is 23.6 Å². The third-order valence-corrected chi connectivity index (χ3v) is 2.97. The van der Waals surface area contributed by atoms with Crippen molar-refractivity contribution in [2.75, 3.05) is 7.05 Å². The second-order valence-electron chi connectivity index (χ2n) is 4.20. The third kappa shape index (κ3) is 2.80. The van der Waals surface area contributed by atoms with Crippen LogP contribution in [0.15, 0.2) is 42.7 Å². The third-order valence-electron chi connectivity index (χ3n) is 2.97. The quantitative estimate of drug-likeness (QED) is 0.872. The van der Waals surface area contributed by atoms with Crippen molar-refractivity contribution in [2.45, 2.75) is 12.2 Å². The zero-order valence-corrected chi connectivity index (χ0v) is 10.6. The fraction of sp³-hybridized carbons (Fsp3) is 0.214. The molecule has 0 aliphatic rings. The molecule has 0 aliphatic carbocycles. The van der Waals surface area contributed by atoms with E-state index in [1.165, 1.54) is 25.2 Å². The summed E-state index contributed by atoms with van der Waals surface area (Å²) in [4.78, 5) is 3.72. The summed E-state index contributed by atoms with van der Waals surface area (Å²) in [6.45, 7) is 0. The van der Waals surface area contributed by atoms with Gasteiger partial charge in [0.25, 0.3) is 0 Å². The molecule has 2 rings (SSSR count). The van der Waals surface area contributed by atoms with Gasteiger partial charge in [-0.3, -0.25) is 4.98 Å². The van der Waals surface area contributed by atoms with Crippen LogP contribution in [0, 0.1) is 5.82 Å². The molecule has 106 valence electrons. The van der Waals surface area contributed by atoms with Gasteiger partial charge in [-0.1, -0.05) is 18.2 Å². The predicted octanol–water partition coefficient (Wildman–Crippen LogP) is 3.55. The molecule has 0 bridgehead atoms. The van der Waals surface area contributed by atoms with Crippen LogP contribution in [0.4, 0.5) is 17.6 Å². The average Bonchev–Trinajstić information content (AvgIpc) is 2.41. The molecule has 0 saturated heterocycles. The molecule has 0 amide bonds. The van der Waals surface area contributed by atoms with Gasteiger partial charge in [0.05, 0.1) is 11.6 Å². The van der Waals surface area contributed by atoms with Crippen molar-refractivity contribution in [3.05, 3.63) is 65.2 Å². The fourth-order valence-electron chi connectivity index (χ4n) is 2.08. The van der Waals surface area contributed by atoms with Crippen LogP contribution in [0.25, 0.3) is 0 Å². The summed E-state index contributed by atoms with van der Waals surface area (Å²) < 4.78 is 52.8. The molecule has 1 aromatic heterocycles. The highest BCUT2D eigenvalue weighted by molar-refractivity contribution is 5.37. The molecular formula is C14H12F4N2. The lowest BCUT2D eigenvalue weighted by atomic mass is 9.95. The Hall–Kier alpha value is -1.95. The normalized spacial score (nSPS) is 13.2. The maximum absolute atomic E-state index is 13.8. The van der Waals surface area contributed by atoms with E-state index in [4.69, 9.17) is 0 Å². The molecule has 1 heterocycles. The zero-order chi connectivity index (χ0) is 14.8. The first kappa shape index (κ1) is 14.5. The van der Waals surface area contributed by atoms with Crippen LogP contribution in [0.2, 0.25) is 0 Å². The topological polar surface area (TPSA) is 24.9 Å². The van der Waals surface area contributed by atoms with Crippen LogP contribution in [0.3, 0.4) is 0 Å². The van der Waals surface area contributed by atoms with Gasteiger partial charge in [0.2, 0.25) is 0 Å². The number of nitrogens with one attached hydrogen (secondary N) is 1. The second kappa shape index (κ2) is 5.58. The lowest BCUT2D eigenvalue weighted by molar-refractivity contribution is -0.138. The number of hydrogen-bond acceptors (Lipinski definition) is 2. The molecule has 0 spiro atoms. The Morgan fingerprint density at radius 3 is 2.40 bits per heavy atom. The van der Waals surface area contributed by atoms with Gasteiger partial charge in [-0.25, -0.2) is 4.39 Å². The maximum atomic E-state index is 13.8. The van der Waals surface area contributed by atoms with Crippen molar-refractivity contribution in [1.29, 1.82) is 0 Å². The van der Waals surface area contributed by atoms with Crippen molar-refractivity contribution in [3.8, 4) is 0 Å². The Morgan fingerprint density at radius 2 is 1.80 bits per heavy atom. The van der Waals surface area contributed by atoms with Crippen molar-refractivity contribution in [3.63, 3.8) is 0 Å². The van der Waals surface area contributed by atoms with E-state index in [1.54, 1.807) is 6.07 Å². The van der Waals surface area contributed by atoms with E-state index >= 15 is 0 Å². The van der Waals surface area contributed by atoms with Crippen molar-refractivity contribution in [2.24, 2.45) is 0 Å². The van der Waals surface area contributed by atoms with E-state index in [0.29, 0.717) is 0 Å². The number of pyridine rings is 1. The summed E-state index contributed by atoms with van der Waals surface area (Å²) in [5.41, 5.74) is -0.781. The molecular weight excluding hydrogens is 272 g/mol. The summed E-state index contributed by atoms with van der Waals surface area (Å²) >= 11 is 0. The summed E-state index contributed by atoms with van der Waals surface area (Å²) in [7, 11) is 1.48. The van der Waals surface area contributed by atoms with Crippen LogP contribution < -0.4 is 5.32 Å². The first-order valence-electron chi connectivity index (χ1n) is 5.88. The molecule has 1 N–H and O–H groups in total. The smallest absolute Gasteiger partial charge is 0.309 e. The van der Waals surface area contributed by atoms with Crippen LogP contribution in [0.1, 0.15) is 22.7 Å². The van der Waals surface area contributed by atoms with Crippen molar-refractivity contribution >= 4 is 0 Å². The largest absolute Gasteiger partial charge is 0.416 e. The summed E-state index contributed by atoms with van der Waals surface area (Å²) in [6.07, 6.45) is -2.34. The summed E-state index contributed by atoms with van der Waals surface area (Å²) in [5.74, 6) is -0.566. The SMILES string of the molecule is CNC(c1ccccc1F)c1cnccc1C(F)(F)F. The number of alkyl halides is 3. The molecule has 2 nitrogen and oxygen atoms in total. The van der Waals surface area contributed by atoms with Gasteiger partial charge in [0, 0.05) is 23.5 Å². The molecule has 6 heteroatoms. The lowest BCUT2D eigenvalue weighted by Crippen LogP contribution is -2.23. The van der Waals surface area contributed by atoms with Gasteiger partial charge in [0.15, 0.2) is 0 Å². The molecule has 0 fully saturated rings. The number of rotatable bonds is 3. The Morgan fingerprint density at radius 1 is 1.10 bits per heavy atom. The fourth-order valence-corrected chi connectivity index (χ4v) is 2.08. The molecule has 0 radical (unpaired) electrons. The number of aromatic nitrogens is 1. The second-order valence-corrected chi connectivity index (χ2v) is 4.20. The minimum atomic E-state index is -4.52. The van der Waals surface area contributed by atoms with E-state index in [9.17, 15) is 17.6 Å². The standard InChI is InChI=1S/C14H12F4N2/c1-19-13(9-4-2-3-5-12(9)15)10-8-20-7-6-11(10)14(16,17)18/h2-8,13,19H,1H3. The zero-order valence-electron chi connectivity index (χ0n) is 10.6. The molecule has 0 saturated carbocycles. The molecule has 2 aromatic rings. The molecule has 1 aromatic carbocycles. The molecule has 20 heavy (non-hydrogen) atoms. The highest BCUT2D eigenvalue weighted by Gasteiger charge is 2.35. The summed E-state index contributed by atoms with van der Waals surface area (Å²) in [6, 6.07) is 5.70. The Bertz CT molecular complexity index is 596. The molecule has 0 aliphatic heterocycles.